The maximum atomic E-state index is 11.4. The lowest BCUT2D eigenvalue weighted by molar-refractivity contribution is -0.133. The second-order valence-electron chi connectivity index (χ2n) is 4.08. The highest BCUT2D eigenvalue weighted by Gasteiger charge is 2.20. The van der Waals surface area contributed by atoms with Crippen LogP contribution < -0.4 is 5.73 Å². The largest absolute Gasteiger partial charge is 0.478 e. The monoisotopic (exact) mass is 264 g/mol. The first-order valence-corrected chi connectivity index (χ1v) is 6.31. The van der Waals surface area contributed by atoms with Gasteiger partial charge < -0.3 is 15.6 Å². The summed E-state index contributed by atoms with van der Waals surface area (Å²) < 4.78 is 5.21. The minimum Gasteiger partial charge on any atom is -0.478 e. The molecule has 5 heteroatoms. The van der Waals surface area contributed by atoms with Crippen molar-refractivity contribution in [3.8, 4) is 0 Å². The molecule has 1 unspecified atom stereocenters. The Morgan fingerprint density at radius 1 is 1.63 bits per heavy atom. The molecule has 0 fully saturated rings. The molecule has 3 N–H and O–H groups in total. The number of nitrogens with zero attached hydrogens (tertiary/aromatic N) is 1. The summed E-state index contributed by atoms with van der Waals surface area (Å²) in [6.45, 7) is 3.06. The van der Waals surface area contributed by atoms with Gasteiger partial charge in [-0.05, 0) is 24.1 Å². The van der Waals surface area contributed by atoms with E-state index in [0.29, 0.717) is 25.1 Å². The highest BCUT2D eigenvalue weighted by atomic mass is 16.5. The van der Waals surface area contributed by atoms with E-state index in [-0.39, 0.29) is 12.5 Å². The third-order valence-electron chi connectivity index (χ3n) is 2.80. The molecule has 0 aromatic carbocycles. The van der Waals surface area contributed by atoms with Crippen molar-refractivity contribution in [3.05, 3.63) is 41.7 Å². The Balaban J connectivity index is 2.86. The van der Waals surface area contributed by atoms with Gasteiger partial charge in [0.15, 0.2) is 0 Å². The minimum absolute atomic E-state index is 0.173. The average molecular weight is 264 g/mol. The predicted molar refractivity (Wildman–Crippen MR) is 72.9 cm³/mol. The highest BCUT2D eigenvalue weighted by Crippen LogP contribution is 2.27. The van der Waals surface area contributed by atoms with Crippen molar-refractivity contribution >= 4 is 5.97 Å². The Labute approximate surface area is 113 Å². The molecular formula is C14H20N2O3. The first-order valence-electron chi connectivity index (χ1n) is 6.31. The molecule has 1 atom stereocenters. The Kier molecular flexibility index (Phi) is 6.78. The first-order chi connectivity index (χ1) is 9.20. The Bertz CT molecular complexity index is 418. The van der Waals surface area contributed by atoms with Gasteiger partial charge in [0.2, 0.25) is 0 Å². The third kappa shape index (κ3) is 4.81. The molecule has 0 spiro atoms. The molecule has 1 heterocycles. The predicted octanol–water partition coefficient (Wildman–Crippen LogP) is 1.56. The normalized spacial score (nSPS) is 13.3. The topological polar surface area (TPSA) is 85.4 Å². The van der Waals surface area contributed by atoms with E-state index < -0.39 is 5.97 Å². The fraction of sp³-hybridized carbons (Fsp3) is 0.429. The summed E-state index contributed by atoms with van der Waals surface area (Å²) in [5.74, 6) is -1.10. The molecule has 0 aliphatic rings. The standard InChI is InChI=1S/C14H20N2O3/c1-2-12(11-4-3-7-16-10-11)13(14(17)18)5-8-19-9-6-15/h3-5,7,10,12H,2,6,8-9,15H2,1H3,(H,17,18)/b13-5-. The summed E-state index contributed by atoms with van der Waals surface area (Å²) in [6.07, 6.45) is 5.68. The molecule has 5 nitrogen and oxygen atoms in total. The van der Waals surface area contributed by atoms with Crippen molar-refractivity contribution in [2.24, 2.45) is 5.73 Å². The van der Waals surface area contributed by atoms with Crippen LogP contribution in [0.25, 0.3) is 0 Å². The lowest BCUT2D eigenvalue weighted by Gasteiger charge is -2.16. The molecule has 0 bridgehead atoms. The number of aromatic nitrogens is 1. The number of carboxylic acid groups (broad SMARTS) is 1. The Morgan fingerprint density at radius 2 is 2.42 bits per heavy atom. The molecule has 0 aliphatic carbocycles. The average Bonchev–Trinajstić information content (AvgIpc) is 2.43. The van der Waals surface area contributed by atoms with Gasteiger partial charge >= 0.3 is 5.97 Å². The summed E-state index contributed by atoms with van der Waals surface area (Å²) in [5, 5.41) is 9.32. The molecule has 1 aromatic heterocycles. The summed E-state index contributed by atoms with van der Waals surface area (Å²) in [6, 6.07) is 3.70. The van der Waals surface area contributed by atoms with Crippen LogP contribution in [0, 0.1) is 0 Å². The summed E-state index contributed by atoms with van der Waals surface area (Å²) in [4.78, 5) is 15.4. The lowest BCUT2D eigenvalue weighted by Crippen LogP contribution is -2.13. The van der Waals surface area contributed by atoms with Crippen LogP contribution in [0.1, 0.15) is 24.8 Å². The molecule has 19 heavy (non-hydrogen) atoms. The van der Waals surface area contributed by atoms with E-state index in [2.05, 4.69) is 4.98 Å². The van der Waals surface area contributed by atoms with Gasteiger partial charge in [0.1, 0.15) is 0 Å². The van der Waals surface area contributed by atoms with E-state index >= 15 is 0 Å². The van der Waals surface area contributed by atoms with Crippen molar-refractivity contribution in [2.45, 2.75) is 19.3 Å². The van der Waals surface area contributed by atoms with Crippen molar-refractivity contribution in [1.82, 2.24) is 4.98 Å². The number of carboxylic acids is 1. The number of aliphatic carboxylic acids is 1. The molecule has 0 aliphatic heterocycles. The zero-order valence-corrected chi connectivity index (χ0v) is 11.1. The Hall–Kier alpha value is -1.72. The van der Waals surface area contributed by atoms with Gasteiger partial charge in [0.25, 0.3) is 0 Å². The van der Waals surface area contributed by atoms with Crippen LogP contribution in [0.3, 0.4) is 0 Å². The second-order valence-corrected chi connectivity index (χ2v) is 4.08. The molecule has 0 radical (unpaired) electrons. The van der Waals surface area contributed by atoms with Crippen LogP contribution in [0.5, 0.6) is 0 Å². The van der Waals surface area contributed by atoms with E-state index in [1.54, 1.807) is 18.5 Å². The number of rotatable bonds is 8. The second kappa shape index (κ2) is 8.39. The van der Waals surface area contributed by atoms with Gasteiger partial charge in [-0.2, -0.15) is 0 Å². The van der Waals surface area contributed by atoms with E-state index in [9.17, 15) is 9.90 Å². The molecule has 0 saturated carbocycles. The molecule has 1 rings (SSSR count). The zero-order chi connectivity index (χ0) is 14.1. The van der Waals surface area contributed by atoms with Gasteiger partial charge in [-0.25, -0.2) is 4.79 Å². The Morgan fingerprint density at radius 3 is 2.95 bits per heavy atom. The van der Waals surface area contributed by atoms with Gasteiger partial charge in [-0.3, -0.25) is 4.98 Å². The van der Waals surface area contributed by atoms with Crippen molar-refractivity contribution in [3.63, 3.8) is 0 Å². The van der Waals surface area contributed by atoms with E-state index in [1.807, 2.05) is 19.1 Å². The molecular weight excluding hydrogens is 244 g/mol. The summed E-state index contributed by atoms with van der Waals surface area (Å²) in [7, 11) is 0. The van der Waals surface area contributed by atoms with Crippen LogP contribution in [0.4, 0.5) is 0 Å². The van der Waals surface area contributed by atoms with Crippen LogP contribution in [-0.2, 0) is 9.53 Å². The number of ether oxygens (including phenoxy) is 1. The van der Waals surface area contributed by atoms with Crippen LogP contribution in [0.2, 0.25) is 0 Å². The SMILES string of the molecule is CCC(/C(=C/COCCN)C(=O)O)c1cccnc1. The minimum atomic E-state index is -0.924. The van der Waals surface area contributed by atoms with E-state index in [1.165, 1.54) is 0 Å². The number of hydrogen-bond donors (Lipinski definition) is 2. The van der Waals surface area contributed by atoms with Crippen LogP contribution in [-0.4, -0.2) is 35.8 Å². The number of carbonyl (C=O) groups is 1. The molecule has 104 valence electrons. The fourth-order valence-corrected chi connectivity index (χ4v) is 1.91. The number of pyridine rings is 1. The smallest absolute Gasteiger partial charge is 0.331 e. The van der Waals surface area contributed by atoms with Gasteiger partial charge in [0, 0.05) is 30.4 Å². The van der Waals surface area contributed by atoms with Crippen LogP contribution >= 0.6 is 0 Å². The molecule has 0 saturated heterocycles. The number of hydrogen-bond acceptors (Lipinski definition) is 4. The maximum absolute atomic E-state index is 11.4. The zero-order valence-electron chi connectivity index (χ0n) is 11.1. The molecule has 1 aromatic rings. The van der Waals surface area contributed by atoms with E-state index in [0.717, 1.165) is 5.56 Å². The van der Waals surface area contributed by atoms with Gasteiger partial charge in [-0.15, -0.1) is 0 Å². The molecule has 0 amide bonds. The first kappa shape index (κ1) is 15.3. The van der Waals surface area contributed by atoms with Crippen LogP contribution in [0.15, 0.2) is 36.2 Å². The summed E-state index contributed by atoms with van der Waals surface area (Å²) >= 11 is 0. The van der Waals surface area contributed by atoms with E-state index in [4.69, 9.17) is 10.5 Å². The van der Waals surface area contributed by atoms with Crippen molar-refractivity contribution < 1.29 is 14.6 Å². The van der Waals surface area contributed by atoms with Crippen molar-refractivity contribution in [1.29, 1.82) is 0 Å². The third-order valence-corrected chi connectivity index (χ3v) is 2.80. The van der Waals surface area contributed by atoms with Gasteiger partial charge in [-0.1, -0.05) is 13.0 Å². The van der Waals surface area contributed by atoms with Gasteiger partial charge in [0.05, 0.1) is 13.2 Å². The number of nitrogens with two attached hydrogens (primary N) is 1. The fourth-order valence-electron chi connectivity index (χ4n) is 1.91. The lowest BCUT2D eigenvalue weighted by atomic mass is 9.89. The maximum Gasteiger partial charge on any atom is 0.331 e. The summed E-state index contributed by atoms with van der Waals surface area (Å²) in [5.41, 5.74) is 6.55. The van der Waals surface area contributed by atoms with Crippen molar-refractivity contribution in [2.75, 3.05) is 19.8 Å². The highest BCUT2D eigenvalue weighted by molar-refractivity contribution is 5.88. The quantitative estimate of drug-likeness (QED) is 0.550.